The Labute approximate surface area is 157 Å². The number of hydrogen-bond acceptors (Lipinski definition) is 5. The molecule has 0 amide bonds. The molecule has 2 N–H and O–H groups in total. The number of methoxy groups -OCH3 is 2. The summed E-state index contributed by atoms with van der Waals surface area (Å²) in [5.74, 6) is 2.02. The molecule has 0 saturated carbocycles. The monoisotopic (exact) mass is 448 g/mol. The van der Waals surface area contributed by atoms with Crippen molar-refractivity contribution in [2.75, 3.05) is 26.6 Å². The van der Waals surface area contributed by atoms with Crippen LogP contribution in [0.15, 0.2) is 28.6 Å². The maximum Gasteiger partial charge on any atom is 0.195 e. The molecule has 0 fully saturated rings. The molecular weight excluding hydrogens is 427 g/mol. The second-order valence-corrected chi connectivity index (χ2v) is 5.45. The molecule has 1 aromatic carbocycles. The quantitative estimate of drug-likeness (QED) is 0.418. The van der Waals surface area contributed by atoms with Crippen molar-refractivity contribution in [1.82, 2.24) is 10.3 Å². The Bertz CT molecular complexity index is 661. The van der Waals surface area contributed by atoms with Gasteiger partial charge in [-0.05, 0) is 19.1 Å². The molecule has 0 unspecified atom stereocenters. The third kappa shape index (κ3) is 5.54. The largest absolute Gasteiger partial charge is 0.493 e. The van der Waals surface area contributed by atoms with Gasteiger partial charge in [0.2, 0.25) is 0 Å². The topological polar surface area (TPSA) is 67.8 Å². The van der Waals surface area contributed by atoms with Gasteiger partial charge in [0.05, 0.1) is 20.8 Å². The molecule has 1 heterocycles. The Morgan fingerprint density at radius 3 is 2.57 bits per heavy atom. The van der Waals surface area contributed by atoms with E-state index < -0.39 is 0 Å². The SMILES string of the molecule is CN=C(NCc1nc(C)cs1)Nc1ccc(OC)c(OC)c1.I. The van der Waals surface area contributed by atoms with Crippen molar-refractivity contribution in [1.29, 1.82) is 0 Å². The molecule has 126 valence electrons. The van der Waals surface area contributed by atoms with Crippen LogP contribution in [-0.4, -0.2) is 32.2 Å². The Morgan fingerprint density at radius 2 is 2.00 bits per heavy atom. The number of anilines is 1. The van der Waals surface area contributed by atoms with Crippen molar-refractivity contribution < 1.29 is 9.47 Å². The number of aliphatic imine (C=N–C) groups is 1. The van der Waals surface area contributed by atoms with Crippen LogP contribution in [0.5, 0.6) is 11.5 Å². The van der Waals surface area contributed by atoms with E-state index in [1.165, 1.54) is 0 Å². The van der Waals surface area contributed by atoms with E-state index in [2.05, 4.69) is 20.6 Å². The van der Waals surface area contributed by atoms with E-state index in [4.69, 9.17) is 9.47 Å². The first-order valence-corrected chi connectivity index (χ1v) is 7.65. The molecule has 8 heteroatoms. The first kappa shape index (κ1) is 19.5. The van der Waals surface area contributed by atoms with Crippen LogP contribution < -0.4 is 20.1 Å². The Balaban J connectivity index is 0.00000264. The average molecular weight is 448 g/mol. The normalized spacial score (nSPS) is 10.7. The maximum atomic E-state index is 5.29. The van der Waals surface area contributed by atoms with Crippen LogP contribution in [0.25, 0.3) is 0 Å². The van der Waals surface area contributed by atoms with Gasteiger partial charge in [0, 0.05) is 29.9 Å². The van der Waals surface area contributed by atoms with Crippen LogP contribution in [0.4, 0.5) is 5.69 Å². The van der Waals surface area contributed by atoms with Gasteiger partial charge in [0.1, 0.15) is 5.01 Å². The molecule has 0 saturated heterocycles. The van der Waals surface area contributed by atoms with Crippen molar-refractivity contribution in [3.05, 3.63) is 34.3 Å². The molecule has 6 nitrogen and oxygen atoms in total. The van der Waals surface area contributed by atoms with Gasteiger partial charge in [-0.1, -0.05) is 0 Å². The molecule has 0 bridgehead atoms. The fraction of sp³-hybridized carbons (Fsp3) is 0.333. The summed E-state index contributed by atoms with van der Waals surface area (Å²) in [6, 6.07) is 5.61. The highest BCUT2D eigenvalue weighted by Crippen LogP contribution is 2.29. The maximum absolute atomic E-state index is 5.29. The molecule has 1 aromatic heterocycles. The van der Waals surface area contributed by atoms with Crippen molar-refractivity contribution in [3.63, 3.8) is 0 Å². The minimum absolute atomic E-state index is 0. The predicted molar refractivity (Wildman–Crippen MR) is 106 cm³/mol. The number of aromatic nitrogens is 1. The Morgan fingerprint density at radius 1 is 1.26 bits per heavy atom. The fourth-order valence-corrected chi connectivity index (χ4v) is 2.58. The minimum atomic E-state index is 0. The van der Waals surface area contributed by atoms with E-state index in [1.54, 1.807) is 32.6 Å². The van der Waals surface area contributed by atoms with E-state index in [1.807, 2.05) is 30.5 Å². The van der Waals surface area contributed by atoms with Crippen LogP contribution in [0.3, 0.4) is 0 Å². The van der Waals surface area contributed by atoms with Crippen LogP contribution in [0, 0.1) is 6.92 Å². The van der Waals surface area contributed by atoms with Gasteiger partial charge in [-0.2, -0.15) is 0 Å². The zero-order valence-corrected chi connectivity index (χ0v) is 16.7. The summed E-state index contributed by atoms with van der Waals surface area (Å²) in [7, 11) is 4.95. The smallest absolute Gasteiger partial charge is 0.195 e. The second-order valence-electron chi connectivity index (χ2n) is 4.50. The van der Waals surface area contributed by atoms with Crippen LogP contribution in [0.1, 0.15) is 10.7 Å². The summed E-state index contributed by atoms with van der Waals surface area (Å²) in [5, 5.41) is 9.49. The van der Waals surface area contributed by atoms with Crippen LogP contribution >= 0.6 is 35.3 Å². The number of rotatable bonds is 5. The van der Waals surface area contributed by atoms with Crippen molar-refractivity contribution in [2.45, 2.75) is 13.5 Å². The van der Waals surface area contributed by atoms with Gasteiger partial charge in [0.15, 0.2) is 17.5 Å². The number of guanidine groups is 1. The molecule has 0 aliphatic carbocycles. The molecule has 2 rings (SSSR count). The molecule has 0 radical (unpaired) electrons. The number of benzene rings is 1. The van der Waals surface area contributed by atoms with Gasteiger partial charge in [-0.25, -0.2) is 4.98 Å². The number of halogens is 1. The second kappa shape index (κ2) is 9.56. The molecule has 2 aromatic rings. The zero-order chi connectivity index (χ0) is 15.9. The fourth-order valence-electron chi connectivity index (χ4n) is 1.87. The van der Waals surface area contributed by atoms with Crippen molar-refractivity contribution >= 4 is 47.0 Å². The molecule has 0 atom stereocenters. The van der Waals surface area contributed by atoms with E-state index in [9.17, 15) is 0 Å². The van der Waals surface area contributed by atoms with Gasteiger partial charge < -0.3 is 20.1 Å². The summed E-state index contributed by atoms with van der Waals surface area (Å²) >= 11 is 1.63. The number of thiazole rings is 1. The molecule has 23 heavy (non-hydrogen) atoms. The van der Waals surface area contributed by atoms with Gasteiger partial charge in [-0.15, -0.1) is 35.3 Å². The standard InChI is InChI=1S/C15H20N4O2S.HI/c1-10-9-22-14(18-10)8-17-15(16-2)19-11-5-6-12(20-3)13(7-11)21-4;/h5-7,9H,8H2,1-4H3,(H2,16,17,19);1H. The highest BCUT2D eigenvalue weighted by molar-refractivity contribution is 14.0. The Kier molecular flexibility index (Phi) is 8.10. The lowest BCUT2D eigenvalue weighted by molar-refractivity contribution is 0.355. The highest BCUT2D eigenvalue weighted by atomic mass is 127. The summed E-state index contributed by atoms with van der Waals surface area (Å²) < 4.78 is 10.5. The predicted octanol–water partition coefficient (Wildman–Crippen LogP) is 3.27. The highest BCUT2D eigenvalue weighted by Gasteiger charge is 2.07. The van der Waals surface area contributed by atoms with E-state index in [0.717, 1.165) is 16.4 Å². The Hall–Kier alpha value is -1.55. The third-order valence-electron chi connectivity index (χ3n) is 2.94. The first-order valence-electron chi connectivity index (χ1n) is 6.77. The summed E-state index contributed by atoms with van der Waals surface area (Å²) in [6.45, 7) is 2.61. The minimum Gasteiger partial charge on any atom is -0.493 e. The summed E-state index contributed by atoms with van der Waals surface area (Å²) in [5.41, 5.74) is 1.89. The number of nitrogens with zero attached hydrogens (tertiary/aromatic N) is 2. The zero-order valence-electron chi connectivity index (χ0n) is 13.5. The van der Waals surface area contributed by atoms with Gasteiger partial charge in [-0.3, -0.25) is 4.99 Å². The lowest BCUT2D eigenvalue weighted by Gasteiger charge is -2.13. The molecular formula is C15H21IN4O2S. The average Bonchev–Trinajstić information content (AvgIpc) is 2.96. The number of nitrogens with one attached hydrogen (secondary N) is 2. The van der Waals surface area contributed by atoms with E-state index in [0.29, 0.717) is 24.0 Å². The lowest BCUT2D eigenvalue weighted by atomic mass is 10.3. The first-order chi connectivity index (χ1) is 10.7. The number of ether oxygens (including phenoxy) is 2. The number of hydrogen-bond donors (Lipinski definition) is 2. The van der Waals surface area contributed by atoms with E-state index in [-0.39, 0.29) is 24.0 Å². The molecule has 0 spiro atoms. The van der Waals surface area contributed by atoms with Gasteiger partial charge in [0.25, 0.3) is 0 Å². The van der Waals surface area contributed by atoms with Crippen molar-refractivity contribution in [3.8, 4) is 11.5 Å². The summed E-state index contributed by atoms with van der Waals surface area (Å²) in [4.78, 5) is 8.61. The lowest BCUT2D eigenvalue weighted by Crippen LogP contribution is -2.30. The summed E-state index contributed by atoms with van der Waals surface area (Å²) in [6.07, 6.45) is 0. The van der Waals surface area contributed by atoms with Crippen LogP contribution in [0.2, 0.25) is 0 Å². The third-order valence-corrected chi connectivity index (χ3v) is 3.91. The van der Waals surface area contributed by atoms with E-state index >= 15 is 0 Å². The molecule has 0 aliphatic heterocycles. The van der Waals surface area contributed by atoms with Gasteiger partial charge >= 0.3 is 0 Å². The molecule has 0 aliphatic rings. The number of aryl methyl sites for hydroxylation is 1. The van der Waals surface area contributed by atoms with Crippen molar-refractivity contribution in [2.24, 2.45) is 4.99 Å². The van der Waals surface area contributed by atoms with Crippen LogP contribution in [-0.2, 0) is 6.54 Å².